The van der Waals surface area contributed by atoms with Crippen molar-refractivity contribution in [1.82, 2.24) is 10.2 Å². The van der Waals surface area contributed by atoms with Crippen LogP contribution in [0, 0.1) is 0 Å². The van der Waals surface area contributed by atoms with Gasteiger partial charge in [-0.3, -0.25) is 4.90 Å². The van der Waals surface area contributed by atoms with Crippen molar-refractivity contribution in [2.24, 2.45) is 0 Å². The molecule has 5 heteroatoms. The monoisotopic (exact) mass is 260 g/mol. The molecule has 2 N–H and O–H groups in total. The van der Waals surface area contributed by atoms with E-state index in [9.17, 15) is 5.11 Å². The lowest BCUT2D eigenvalue weighted by Crippen LogP contribution is -2.40. The van der Waals surface area contributed by atoms with Gasteiger partial charge in [-0.1, -0.05) is 0 Å². The minimum atomic E-state index is -0.301. The van der Waals surface area contributed by atoms with Crippen LogP contribution in [0.3, 0.4) is 0 Å². The van der Waals surface area contributed by atoms with Crippen LogP contribution >= 0.6 is 0 Å². The molecule has 1 aliphatic carbocycles. The third kappa shape index (κ3) is 8.00. The van der Waals surface area contributed by atoms with Crippen LogP contribution in [0.4, 0.5) is 0 Å². The number of hydrogen-bond acceptors (Lipinski definition) is 5. The molecule has 0 bridgehead atoms. The number of methoxy groups -OCH3 is 2. The van der Waals surface area contributed by atoms with Gasteiger partial charge < -0.3 is 19.9 Å². The second-order valence-corrected chi connectivity index (χ2v) is 4.98. The number of hydrogen-bond donors (Lipinski definition) is 2. The Morgan fingerprint density at radius 1 is 1.22 bits per heavy atom. The Bertz CT molecular complexity index is 201. The van der Waals surface area contributed by atoms with E-state index in [4.69, 9.17) is 9.47 Å². The van der Waals surface area contributed by atoms with Crippen molar-refractivity contribution in [2.75, 3.05) is 53.6 Å². The van der Waals surface area contributed by atoms with E-state index < -0.39 is 0 Å². The number of aliphatic hydroxyl groups is 1. The van der Waals surface area contributed by atoms with Crippen LogP contribution in [0.1, 0.15) is 19.3 Å². The zero-order chi connectivity index (χ0) is 13.2. The van der Waals surface area contributed by atoms with Crippen LogP contribution in [0.5, 0.6) is 0 Å². The van der Waals surface area contributed by atoms with Crippen LogP contribution in [-0.4, -0.2) is 75.8 Å². The third-order valence-corrected chi connectivity index (χ3v) is 3.12. The SMILES string of the molecule is COCCCN(CCOC)CC(O)CNC1CC1. The lowest BCUT2D eigenvalue weighted by Gasteiger charge is -2.24. The summed E-state index contributed by atoms with van der Waals surface area (Å²) >= 11 is 0. The molecule has 0 amide bonds. The summed E-state index contributed by atoms with van der Waals surface area (Å²) in [5.41, 5.74) is 0. The summed E-state index contributed by atoms with van der Waals surface area (Å²) in [4.78, 5) is 2.24. The van der Waals surface area contributed by atoms with Crippen LogP contribution in [0.25, 0.3) is 0 Å². The minimum absolute atomic E-state index is 0.301. The van der Waals surface area contributed by atoms with Gasteiger partial charge in [0.15, 0.2) is 0 Å². The van der Waals surface area contributed by atoms with Gasteiger partial charge in [0.1, 0.15) is 0 Å². The second kappa shape index (κ2) is 9.69. The molecule has 18 heavy (non-hydrogen) atoms. The van der Waals surface area contributed by atoms with Crippen molar-refractivity contribution in [3.63, 3.8) is 0 Å². The maximum absolute atomic E-state index is 9.98. The highest BCUT2D eigenvalue weighted by molar-refractivity contribution is 4.82. The number of nitrogens with zero attached hydrogens (tertiary/aromatic N) is 1. The van der Waals surface area contributed by atoms with Gasteiger partial charge >= 0.3 is 0 Å². The van der Waals surface area contributed by atoms with Gasteiger partial charge in [0.05, 0.1) is 12.7 Å². The van der Waals surface area contributed by atoms with Crippen LogP contribution < -0.4 is 5.32 Å². The highest BCUT2D eigenvalue weighted by atomic mass is 16.5. The normalized spacial score (nSPS) is 17.3. The maximum Gasteiger partial charge on any atom is 0.0791 e. The highest BCUT2D eigenvalue weighted by Gasteiger charge is 2.21. The fourth-order valence-corrected chi connectivity index (χ4v) is 1.90. The second-order valence-electron chi connectivity index (χ2n) is 4.98. The Labute approximate surface area is 110 Å². The van der Waals surface area contributed by atoms with Crippen molar-refractivity contribution in [3.8, 4) is 0 Å². The lowest BCUT2D eigenvalue weighted by atomic mass is 10.3. The van der Waals surface area contributed by atoms with E-state index in [1.807, 2.05) is 0 Å². The zero-order valence-corrected chi connectivity index (χ0v) is 11.7. The standard InChI is InChI=1S/C13H28N2O3/c1-17-8-3-6-15(7-9-18-2)11-13(16)10-14-12-4-5-12/h12-14,16H,3-11H2,1-2H3. The molecule has 1 aliphatic rings. The van der Waals surface area contributed by atoms with Crippen molar-refractivity contribution >= 4 is 0 Å². The molecule has 0 heterocycles. The zero-order valence-electron chi connectivity index (χ0n) is 11.7. The Kier molecular flexibility index (Phi) is 8.54. The first-order chi connectivity index (χ1) is 8.76. The molecule has 1 atom stereocenters. The molecule has 5 nitrogen and oxygen atoms in total. The van der Waals surface area contributed by atoms with Gasteiger partial charge in [0.2, 0.25) is 0 Å². The molecule has 1 rings (SSSR count). The summed E-state index contributed by atoms with van der Waals surface area (Å²) in [5, 5.41) is 13.3. The first kappa shape index (κ1) is 15.9. The fraction of sp³-hybridized carbons (Fsp3) is 1.00. The lowest BCUT2D eigenvalue weighted by molar-refractivity contribution is 0.0813. The van der Waals surface area contributed by atoms with Gasteiger partial charge in [-0.25, -0.2) is 0 Å². The number of rotatable bonds is 12. The van der Waals surface area contributed by atoms with Gasteiger partial charge in [-0.05, 0) is 19.3 Å². The van der Waals surface area contributed by atoms with Crippen LogP contribution in [-0.2, 0) is 9.47 Å². The Balaban J connectivity index is 2.14. The Morgan fingerprint density at radius 2 is 1.94 bits per heavy atom. The summed E-state index contributed by atoms with van der Waals surface area (Å²) in [5.74, 6) is 0. The van der Waals surface area contributed by atoms with Gasteiger partial charge in [0, 0.05) is 53.0 Å². The van der Waals surface area contributed by atoms with E-state index in [-0.39, 0.29) is 6.10 Å². The molecule has 0 spiro atoms. The number of nitrogens with one attached hydrogen (secondary N) is 1. The Hall–Kier alpha value is -0.200. The van der Waals surface area contributed by atoms with Crippen LogP contribution in [0.2, 0.25) is 0 Å². The molecule has 0 aromatic carbocycles. The predicted molar refractivity (Wildman–Crippen MR) is 71.8 cm³/mol. The van der Waals surface area contributed by atoms with E-state index in [0.717, 1.165) is 26.1 Å². The molecule has 108 valence electrons. The molecule has 0 aliphatic heterocycles. The smallest absolute Gasteiger partial charge is 0.0791 e. The molecule has 0 aromatic rings. The fourth-order valence-electron chi connectivity index (χ4n) is 1.90. The molecular formula is C13H28N2O3. The first-order valence-electron chi connectivity index (χ1n) is 6.88. The quantitative estimate of drug-likeness (QED) is 0.487. The van der Waals surface area contributed by atoms with E-state index in [1.165, 1.54) is 12.8 Å². The van der Waals surface area contributed by atoms with Crippen molar-refractivity contribution in [2.45, 2.75) is 31.4 Å². The van der Waals surface area contributed by atoms with Crippen molar-refractivity contribution in [1.29, 1.82) is 0 Å². The Morgan fingerprint density at radius 3 is 2.56 bits per heavy atom. The maximum atomic E-state index is 9.98. The molecule has 1 unspecified atom stereocenters. The van der Waals surface area contributed by atoms with Gasteiger partial charge in [0.25, 0.3) is 0 Å². The highest BCUT2D eigenvalue weighted by Crippen LogP contribution is 2.18. The van der Waals surface area contributed by atoms with Gasteiger partial charge in [-0.15, -0.1) is 0 Å². The van der Waals surface area contributed by atoms with E-state index in [1.54, 1.807) is 14.2 Å². The summed E-state index contributed by atoms with van der Waals surface area (Å²) < 4.78 is 10.2. The topological polar surface area (TPSA) is 54.0 Å². The van der Waals surface area contributed by atoms with Gasteiger partial charge in [-0.2, -0.15) is 0 Å². The molecule has 1 saturated carbocycles. The average Bonchev–Trinajstić information content (AvgIpc) is 3.17. The van der Waals surface area contributed by atoms with Crippen molar-refractivity contribution in [3.05, 3.63) is 0 Å². The largest absolute Gasteiger partial charge is 0.390 e. The summed E-state index contributed by atoms with van der Waals surface area (Å²) in [6.07, 6.45) is 3.20. The van der Waals surface area contributed by atoms with Crippen LogP contribution in [0.15, 0.2) is 0 Å². The minimum Gasteiger partial charge on any atom is -0.390 e. The number of aliphatic hydroxyl groups excluding tert-OH is 1. The van der Waals surface area contributed by atoms with Crippen molar-refractivity contribution < 1.29 is 14.6 Å². The molecule has 0 radical (unpaired) electrons. The first-order valence-corrected chi connectivity index (χ1v) is 6.88. The number of ether oxygens (including phenoxy) is 2. The van der Waals surface area contributed by atoms with E-state index in [2.05, 4.69) is 10.2 Å². The third-order valence-electron chi connectivity index (χ3n) is 3.12. The molecular weight excluding hydrogens is 232 g/mol. The summed E-state index contributed by atoms with van der Waals surface area (Å²) in [6.45, 7) is 4.67. The molecule has 0 aromatic heterocycles. The van der Waals surface area contributed by atoms with E-state index >= 15 is 0 Å². The summed E-state index contributed by atoms with van der Waals surface area (Å²) in [6, 6.07) is 0.653. The molecule has 1 fully saturated rings. The predicted octanol–water partition coefficient (Wildman–Crippen LogP) is 0.0842. The summed E-state index contributed by atoms with van der Waals surface area (Å²) in [7, 11) is 3.42. The molecule has 0 saturated heterocycles. The average molecular weight is 260 g/mol. The van der Waals surface area contributed by atoms with E-state index in [0.29, 0.717) is 25.7 Å².